The highest BCUT2D eigenvalue weighted by Gasteiger charge is 2.59. The first-order chi connectivity index (χ1) is 8.02. The zero-order chi connectivity index (χ0) is 12.5. The lowest BCUT2D eigenvalue weighted by Gasteiger charge is -2.34. The third-order valence-electron chi connectivity index (χ3n) is 5.83. The third-order valence-corrected chi connectivity index (χ3v) is 5.83. The van der Waals surface area contributed by atoms with Gasteiger partial charge in [0, 0.05) is 17.7 Å². The van der Waals surface area contributed by atoms with E-state index in [-0.39, 0.29) is 0 Å². The van der Waals surface area contributed by atoms with Gasteiger partial charge in [-0.3, -0.25) is 4.99 Å². The van der Waals surface area contributed by atoms with Gasteiger partial charge < -0.3 is 0 Å². The molecule has 2 aliphatic rings. The number of nitrogens with zero attached hydrogens (tertiary/aromatic N) is 1. The Hall–Kier alpha value is -0.330. The highest BCUT2D eigenvalue weighted by atomic mass is 14.8. The molecule has 2 bridgehead atoms. The van der Waals surface area contributed by atoms with E-state index in [9.17, 15) is 0 Å². The molecule has 1 heteroatoms. The van der Waals surface area contributed by atoms with E-state index < -0.39 is 0 Å². The topological polar surface area (TPSA) is 12.4 Å². The predicted octanol–water partition coefficient (Wildman–Crippen LogP) is 4.85. The van der Waals surface area contributed by atoms with Crippen molar-refractivity contribution in [1.82, 2.24) is 0 Å². The van der Waals surface area contributed by atoms with E-state index in [1.165, 1.54) is 44.9 Å². The molecule has 1 nitrogen and oxygen atoms in total. The van der Waals surface area contributed by atoms with Gasteiger partial charge in [0.1, 0.15) is 0 Å². The van der Waals surface area contributed by atoms with Crippen molar-refractivity contribution in [2.45, 2.75) is 72.6 Å². The molecule has 0 unspecified atom stereocenters. The number of unbranched alkanes of at least 4 members (excludes halogenated alkanes) is 3. The van der Waals surface area contributed by atoms with Gasteiger partial charge in [0.05, 0.1) is 0 Å². The molecule has 98 valence electrons. The normalized spacial score (nSPS) is 36.9. The minimum atomic E-state index is 0.419. The van der Waals surface area contributed by atoms with Crippen LogP contribution in [-0.2, 0) is 0 Å². The summed E-state index contributed by atoms with van der Waals surface area (Å²) >= 11 is 0. The van der Waals surface area contributed by atoms with Gasteiger partial charge in [-0.05, 0) is 37.0 Å². The van der Waals surface area contributed by atoms with Crippen LogP contribution in [0.5, 0.6) is 0 Å². The largest absolute Gasteiger partial charge is 0.294 e. The van der Waals surface area contributed by atoms with Gasteiger partial charge in [0.2, 0.25) is 0 Å². The fraction of sp³-hybridized carbons (Fsp3) is 0.938. The Morgan fingerprint density at radius 3 is 2.47 bits per heavy atom. The molecule has 0 aromatic rings. The molecule has 0 N–H and O–H groups in total. The van der Waals surface area contributed by atoms with Crippen LogP contribution in [0.25, 0.3) is 0 Å². The molecule has 0 saturated heterocycles. The summed E-state index contributed by atoms with van der Waals surface area (Å²) in [5.74, 6) is 0.905. The molecule has 2 atom stereocenters. The molecule has 2 saturated carbocycles. The Bertz CT molecular complexity index is 303. The summed E-state index contributed by atoms with van der Waals surface area (Å²) in [4.78, 5) is 4.96. The number of aliphatic imine (C=N–C) groups is 1. The monoisotopic (exact) mass is 235 g/mol. The Balaban J connectivity index is 1.93. The highest BCUT2D eigenvalue weighted by Crippen LogP contribution is 2.63. The second-order valence-electron chi connectivity index (χ2n) is 6.88. The summed E-state index contributed by atoms with van der Waals surface area (Å²) in [5.41, 5.74) is 2.47. The van der Waals surface area contributed by atoms with E-state index in [2.05, 4.69) is 27.7 Å². The summed E-state index contributed by atoms with van der Waals surface area (Å²) in [7, 11) is 0. The lowest BCUT2D eigenvalue weighted by Crippen LogP contribution is -2.32. The summed E-state index contributed by atoms with van der Waals surface area (Å²) < 4.78 is 0. The Labute approximate surface area is 107 Å². The van der Waals surface area contributed by atoms with Crippen LogP contribution in [-0.4, -0.2) is 12.3 Å². The van der Waals surface area contributed by atoms with E-state index in [1.807, 2.05) is 0 Å². The third kappa shape index (κ3) is 2.06. The zero-order valence-electron chi connectivity index (χ0n) is 12.2. The summed E-state index contributed by atoms with van der Waals surface area (Å²) in [6, 6.07) is 0. The molecular weight excluding hydrogens is 206 g/mol. The standard InChI is InChI=1S/C16H29N/c1-5-6-7-8-11-17-14-12-13-9-10-16(14,4)15(13,2)3/h13H,5-12H2,1-4H3/t13-,16+/m1/s1. The SMILES string of the molecule is CCCCCCN=C1C[C@H]2CC[C@]1(C)C2(C)C. The lowest BCUT2D eigenvalue weighted by molar-refractivity contribution is 0.194. The van der Waals surface area contributed by atoms with Crippen molar-refractivity contribution in [3.8, 4) is 0 Å². The van der Waals surface area contributed by atoms with Crippen LogP contribution < -0.4 is 0 Å². The molecule has 2 aliphatic carbocycles. The van der Waals surface area contributed by atoms with Crippen molar-refractivity contribution in [1.29, 1.82) is 0 Å². The van der Waals surface area contributed by atoms with Crippen LogP contribution in [0.3, 0.4) is 0 Å². The summed E-state index contributed by atoms with van der Waals surface area (Å²) in [6.45, 7) is 10.7. The van der Waals surface area contributed by atoms with E-state index in [4.69, 9.17) is 4.99 Å². The Morgan fingerprint density at radius 1 is 1.18 bits per heavy atom. The number of hydrogen-bond acceptors (Lipinski definition) is 1. The molecule has 0 heterocycles. The molecular formula is C16H29N. The van der Waals surface area contributed by atoms with E-state index in [0.717, 1.165) is 12.5 Å². The van der Waals surface area contributed by atoms with Crippen LogP contribution in [0, 0.1) is 16.7 Å². The van der Waals surface area contributed by atoms with Crippen molar-refractivity contribution in [2.75, 3.05) is 6.54 Å². The molecule has 0 aromatic carbocycles. The fourth-order valence-electron chi connectivity index (χ4n) is 3.92. The van der Waals surface area contributed by atoms with Gasteiger partial charge >= 0.3 is 0 Å². The molecule has 0 aromatic heterocycles. The fourth-order valence-corrected chi connectivity index (χ4v) is 3.92. The second-order valence-corrected chi connectivity index (χ2v) is 6.88. The van der Waals surface area contributed by atoms with Crippen LogP contribution in [0.15, 0.2) is 4.99 Å². The Morgan fingerprint density at radius 2 is 1.94 bits per heavy atom. The minimum Gasteiger partial charge on any atom is -0.294 e. The summed E-state index contributed by atoms with van der Waals surface area (Å²) in [5, 5.41) is 0. The summed E-state index contributed by atoms with van der Waals surface area (Å²) in [6.07, 6.45) is 9.43. The van der Waals surface area contributed by atoms with Gasteiger partial charge in [-0.2, -0.15) is 0 Å². The quantitative estimate of drug-likeness (QED) is 0.604. The van der Waals surface area contributed by atoms with Crippen LogP contribution in [0.2, 0.25) is 0 Å². The molecule has 0 radical (unpaired) electrons. The van der Waals surface area contributed by atoms with Crippen LogP contribution in [0.4, 0.5) is 0 Å². The van der Waals surface area contributed by atoms with Crippen LogP contribution >= 0.6 is 0 Å². The van der Waals surface area contributed by atoms with Gasteiger partial charge in [-0.15, -0.1) is 0 Å². The van der Waals surface area contributed by atoms with Crippen molar-refractivity contribution >= 4 is 5.71 Å². The first-order valence-corrected chi connectivity index (χ1v) is 7.56. The van der Waals surface area contributed by atoms with E-state index >= 15 is 0 Å². The highest BCUT2D eigenvalue weighted by molar-refractivity contribution is 5.94. The number of hydrogen-bond donors (Lipinski definition) is 0. The average molecular weight is 235 g/mol. The average Bonchev–Trinajstić information content (AvgIpc) is 2.61. The Kier molecular flexibility index (Phi) is 3.66. The van der Waals surface area contributed by atoms with Crippen molar-refractivity contribution in [3.05, 3.63) is 0 Å². The lowest BCUT2D eigenvalue weighted by atomic mass is 9.70. The van der Waals surface area contributed by atoms with Crippen LogP contribution in [0.1, 0.15) is 72.6 Å². The van der Waals surface area contributed by atoms with E-state index in [1.54, 1.807) is 5.71 Å². The van der Waals surface area contributed by atoms with Gasteiger partial charge in [-0.25, -0.2) is 0 Å². The molecule has 0 aliphatic heterocycles. The predicted molar refractivity (Wildman–Crippen MR) is 75.7 cm³/mol. The second kappa shape index (κ2) is 4.74. The van der Waals surface area contributed by atoms with Gasteiger partial charge in [0.15, 0.2) is 0 Å². The molecule has 0 spiro atoms. The maximum atomic E-state index is 4.96. The maximum absolute atomic E-state index is 4.96. The van der Waals surface area contributed by atoms with Crippen molar-refractivity contribution < 1.29 is 0 Å². The van der Waals surface area contributed by atoms with Gasteiger partial charge in [-0.1, -0.05) is 47.0 Å². The number of rotatable bonds is 5. The zero-order valence-corrected chi connectivity index (χ0v) is 12.2. The first-order valence-electron chi connectivity index (χ1n) is 7.56. The van der Waals surface area contributed by atoms with Crippen molar-refractivity contribution in [2.24, 2.45) is 21.7 Å². The van der Waals surface area contributed by atoms with Crippen molar-refractivity contribution in [3.63, 3.8) is 0 Å². The molecule has 0 amide bonds. The van der Waals surface area contributed by atoms with E-state index in [0.29, 0.717) is 10.8 Å². The maximum Gasteiger partial charge on any atom is 0.0388 e. The van der Waals surface area contributed by atoms with Gasteiger partial charge in [0.25, 0.3) is 0 Å². The molecule has 2 rings (SSSR count). The number of fused-ring (bicyclic) bond motifs is 2. The first kappa shape index (κ1) is 13.1. The molecule has 17 heavy (non-hydrogen) atoms. The minimum absolute atomic E-state index is 0.419. The smallest absolute Gasteiger partial charge is 0.0388 e. The molecule has 2 fully saturated rings.